The van der Waals surface area contributed by atoms with Crippen LogP contribution in [0.5, 0.6) is 0 Å². The molecular formula is C27H49F. The van der Waals surface area contributed by atoms with E-state index < -0.39 is 6.17 Å². The topological polar surface area (TPSA) is 0 Å². The van der Waals surface area contributed by atoms with Crippen molar-refractivity contribution >= 4 is 0 Å². The molecule has 0 heterocycles. The number of halogens is 1. The Bertz CT molecular complexity index is 402. The summed E-state index contributed by atoms with van der Waals surface area (Å²) in [6.45, 7) is 4.61. The number of alkyl halides is 1. The SMILES string of the molecule is CCCCCC1CCC(C2CCC(C3CCC(CCCC)CC3)C(F)C2)CC1. The summed E-state index contributed by atoms with van der Waals surface area (Å²) in [6.07, 6.45) is 23.9. The molecule has 3 atom stereocenters. The van der Waals surface area contributed by atoms with Gasteiger partial charge in [0.25, 0.3) is 0 Å². The Morgan fingerprint density at radius 2 is 1.11 bits per heavy atom. The van der Waals surface area contributed by atoms with Gasteiger partial charge in [0.1, 0.15) is 6.17 Å². The average molecular weight is 393 g/mol. The standard InChI is InChI=1S/C27H49F/c1-3-5-7-9-22-10-14-23(15-11-22)25-18-19-26(27(28)20-25)24-16-12-21(13-17-24)8-6-4-2/h21-27H,3-20H2,1-2H3. The van der Waals surface area contributed by atoms with Crippen molar-refractivity contribution in [3.05, 3.63) is 0 Å². The Labute approximate surface area is 175 Å². The first kappa shape index (κ1) is 22.6. The van der Waals surface area contributed by atoms with E-state index in [1.165, 1.54) is 109 Å². The second kappa shape index (κ2) is 11.9. The Morgan fingerprint density at radius 3 is 1.68 bits per heavy atom. The zero-order valence-corrected chi connectivity index (χ0v) is 19.1. The minimum absolute atomic E-state index is 0.411. The van der Waals surface area contributed by atoms with Crippen LogP contribution in [-0.2, 0) is 0 Å². The molecule has 164 valence electrons. The van der Waals surface area contributed by atoms with E-state index in [0.717, 1.165) is 24.2 Å². The van der Waals surface area contributed by atoms with Gasteiger partial charge in [-0.1, -0.05) is 84.5 Å². The quantitative estimate of drug-likeness (QED) is 0.343. The van der Waals surface area contributed by atoms with E-state index in [1.807, 2.05) is 0 Å². The molecule has 3 rings (SSSR count). The zero-order chi connectivity index (χ0) is 19.8. The molecule has 0 bridgehead atoms. The summed E-state index contributed by atoms with van der Waals surface area (Å²) in [5, 5.41) is 0. The maximum absolute atomic E-state index is 15.2. The number of unbranched alkanes of at least 4 members (excludes halogenated alkanes) is 3. The van der Waals surface area contributed by atoms with Gasteiger partial charge < -0.3 is 0 Å². The van der Waals surface area contributed by atoms with Crippen LogP contribution in [0, 0.1) is 35.5 Å². The van der Waals surface area contributed by atoms with Gasteiger partial charge in [-0.05, 0) is 80.5 Å². The summed E-state index contributed by atoms with van der Waals surface area (Å²) in [5.41, 5.74) is 0. The van der Waals surface area contributed by atoms with E-state index in [9.17, 15) is 0 Å². The molecule has 28 heavy (non-hydrogen) atoms. The molecule has 3 fully saturated rings. The summed E-state index contributed by atoms with van der Waals surface area (Å²) in [4.78, 5) is 0. The molecule has 0 spiro atoms. The van der Waals surface area contributed by atoms with Crippen molar-refractivity contribution in [3.63, 3.8) is 0 Å². The summed E-state index contributed by atoms with van der Waals surface area (Å²) in [5.74, 6) is 4.63. The minimum Gasteiger partial charge on any atom is -0.247 e. The third-order valence-electron chi connectivity index (χ3n) is 9.10. The van der Waals surface area contributed by atoms with Crippen LogP contribution in [-0.4, -0.2) is 6.17 Å². The lowest BCUT2D eigenvalue weighted by Gasteiger charge is -2.43. The molecule has 0 aliphatic heterocycles. The Kier molecular flexibility index (Phi) is 9.65. The van der Waals surface area contributed by atoms with Crippen molar-refractivity contribution in [2.24, 2.45) is 35.5 Å². The van der Waals surface area contributed by atoms with Crippen molar-refractivity contribution in [1.82, 2.24) is 0 Å². The molecular weight excluding hydrogens is 343 g/mol. The highest BCUT2D eigenvalue weighted by molar-refractivity contribution is 4.90. The van der Waals surface area contributed by atoms with Crippen molar-refractivity contribution in [3.8, 4) is 0 Å². The molecule has 0 aromatic heterocycles. The monoisotopic (exact) mass is 392 g/mol. The predicted molar refractivity (Wildman–Crippen MR) is 120 cm³/mol. The number of hydrogen-bond donors (Lipinski definition) is 0. The van der Waals surface area contributed by atoms with Crippen LogP contribution >= 0.6 is 0 Å². The lowest BCUT2D eigenvalue weighted by Crippen LogP contribution is -2.36. The normalized spacial score (nSPS) is 39.8. The maximum Gasteiger partial charge on any atom is 0.103 e. The van der Waals surface area contributed by atoms with E-state index in [4.69, 9.17) is 0 Å². The van der Waals surface area contributed by atoms with Crippen LogP contribution in [0.2, 0.25) is 0 Å². The van der Waals surface area contributed by atoms with Crippen LogP contribution in [0.25, 0.3) is 0 Å². The van der Waals surface area contributed by atoms with Gasteiger partial charge in [-0.15, -0.1) is 0 Å². The highest BCUT2D eigenvalue weighted by Crippen LogP contribution is 2.47. The average Bonchev–Trinajstić information content (AvgIpc) is 2.73. The lowest BCUT2D eigenvalue weighted by molar-refractivity contribution is 0.0324. The Morgan fingerprint density at radius 1 is 0.571 bits per heavy atom. The molecule has 3 unspecified atom stereocenters. The van der Waals surface area contributed by atoms with Crippen molar-refractivity contribution in [1.29, 1.82) is 0 Å². The van der Waals surface area contributed by atoms with Crippen molar-refractivity contribution in [2.45, 2.75) is 136 Å². The number of rotatable bonds is 9. The zero-order valence-electron chi connectivity index (χ0n) is 19.1. The number of hydrogen-bond acceptors (Lipinski definition) is 0. The first-order chi connectivity index (χ1) is 13.7. The molecule has 0 nitrogen and oxygen atoms in total. The fraction of sp³-hybridized carbons (Fsp3) is 1.00. The first-order valence-electron chi connectivity index (χ1n) is 13.3. The highest BCUT2D eigenvalue weighted by Gasteiger charge is 2.39. The third kappa shape index (κ3) is 6.46. The summed E-state index contributed by atoms with van der Waals surface area (Å²) >= 11 is 0. The minimum atomic E-state index is -0.488. The van der Waals surface area contributed by atoms with Gasteiger partial charge in [-0.2, -0.15) is 0 Å². The molecule has 3 saturated carbocycles. The maximum atomic E-state index is 15.2. The van der Waals surface area contributed by atoms with Gasteiger partial charge in [0.05, 0.1) is 0 Å². The second-order valence-corrected chi connectivity index (χ2v) is 11.0. The van der Waals surface area contributed by atoms with E-state index in [0.29, 0.717) is 17.8 Å². The van der Waals surface area contributed by atoms with Crippen molar-refractivity contribution < 1.29 is 4.39 Å². The Hall–Kier alpha value is -0.0700. The fourth-order valence-corrected chi connectivity index (χ4v) is 7.16. The van der Waals surface area contributed by atoms with Crippen LogP contribution in [0.3, 0.4) is 0 Å². The first-order valence-corrected chi connectivity index (χ1v) is 13.3. The van der Waals surface area contributed by atoms with Crippen LogP contribution < -0.4 is 0 Å². The summed E-state index contributed by atoms with van der Waals surface area (Å²) in [7, 11) is 0. The van der Waals surface area contributed by atoms with Gasteiger partial charge in [0.15, 0.2) is 0 Å². The van der Waals surface area contributed by atoms with E-state index in [-0.39, 0.29) is 0 Å². The molecule has 0 amide bonds. The van der Waals surface area contributed by atoms with E-state index in [1.54, 1.807) is 0 Å². The molecule has 0 aromatic rings. The third-order valence-corrected chi connectivity index (χ3v) is 9.10. The highest BCUT2D eigenvalue weighted by atomic mass is 19.1. The van der Waals surface area contributed by atoms with E-state index in [2.05, 4.69) is 13.8 Å². The predicted octanol–water partition coefficient (Wildman–Crippen LogP) is 9.12. The molecule has 0 saturated heterocycles. The van der Waals surface area contributed by atoms with Crippen molar-refractivity contribution in [2.75, 3.05) is 0 Å². The van der Waals surface area contributed by atoms with Crippen LogP contribution in [0.1, 0.15) is 129 Å². The fourth-order valence-electron chi connectivity index (χ4n) is 7.16. The van der Waals surface area contributed by atoms with Crippen LogP contribution in [0.4, 0.5) is 4.39 Å². The Balaban J connectivity index is 1.36. The van der Waals surface area contributed by atoms with Gasteiger partial charge in [-0.3, -0.25) is 0 Å². The molecule has 0 N–H and O–H groups in total. The van der Waals surface area contributed by atoms with Gasteiger partial charge in [-0.25, -0.2) is 4.39 Å². The summed E-state index contributed by atoms with van der Waals surface area (Å²) in [6, 6.07) is 0. The van der Waals surface area contributed by atoms with Gasteiger partial charge in [0.2, 0.25) is 0 Å². The molecule has 0 aromatic carbocycles. The lowest BCUT2D eigenvalue weighted by atomic mass is 9.64. The summed E-state index contributed by atoms with van der Waals surface area (Å²) < 4.78 is 15.2. The smallest absolute Gasteiger partial charge is 0.103 e. The largest absolute Gasteiger partial charge is 0.247 e. The second-order valence-electron chi connectivity index (χ2n) is 11.0. The molecule has 0 radical (unpaired) electrons. The van der Waals surface area contributed by atoms with Gasteiger partial charge >= 0.3 is 0 Å². The molecule has 1 heteroatoms. The van der Waals surface area contributed by atoms with E-state index >= 15 is 4.39 Å². The van der Waals surface area contributed by atoms with Gasteiger partial charge in [0, 0.05) is 0 Å². The molecule has 3 aliphatic carbocycles. The molecule has 3 aliphatic rings. The van der Waals surface area contributed by atoms with Crippen LogP contribution in [0.15, 0.2) is 0 Å².